The normalized spacial score (nSPS) is 31.3. The molecule has 1 heterocycles. The number of nitrogens with one attached hydrogen (secondary N) is 1. The van der Waals surface area contributed by atoms with Crippen molar-refractivity contribution in [2.45, 2.75) is 65.8 Å². The first-order chi connectivity index (χ1) is 9.84. The Bertz CT molecular complexity index is 547. The number of hydrogen-bond acceptors (Lipinski definition) is 4. The van der Waals surface area contributed by atoms with Crippen LogP contribution in [0.1, 0.15) is 71.0 Å². The highest BCUT2D eigenvalue weighted by atomic mass is 16.5. The summed E-state index contributed by atoms with van der Waals surface area (Å²) in [6, 6.07) is 0. The molecule has 1 N–H and O–H groups in total. The number of rotatable bonds is 4. The van der Waals surface area contributed by atoms with Crippen LogP contribution in [0.3, 0.4) is 0 Å². The Morgan fingerprint density at radius 2 is 2.05 bits per heavy atom. The maximum absolute atomic E-state index is 12.7. The third-order valence-electron chi connectivity index (χ3n) is 6.05. The molecule has 0 spiro atoms. The van der Waals surface area contributed by atoms with Crippen LogP contribution in [0.25, 0.3) is 0 Å². The third kappa shape index (κ3) is 2.36. The van der Waals surface area contributed by atoms with Gasteiger partial charge in [-0.1, -0.05) is 32.9 Å². The van der Waals surface area contributed by atoms with E-state index < -0.39 is 0 Å². The Kier molecular flexibility index (Phi) is 3.34. The third-order valence-corrected chi connectivity index (χ3v) is 6.05. The maximum Gasteiger partial charge on any atom is 0.229 e. The van der Waals surface area contributed by atoms with Gasteiger partial charge in [-0.25, -0.2) is 0 Å². The highest BCUT2D eigenvalue weighted by molar-refractivity contribution is 5.83. The summed E-state index contributed by atoms with van der Waals surface area (Å²) in [4.78, 5) is 17.0. The van der Waals surface area contributed by atoms with Gasteiger partial charge in [0.05, 0.1) is 12.0 Å². The minimum absolute atomic E-state index is 0.00745. The fourth-order valence-corrected chi connectivity index (χ4v) is 3.33. The van der Waals surface area contributed by atoms with Crippen molar-refractivity contribution < 1.29 is 9.32 Å². The zero-order valence-electron chi connectivity index (χ0n) is 13.4. The molecule has 5 heteroatoms. The molecule has 2 aliphatic carbocycles. The average molecular weight is 291 g/mol. The van der Waals surface area contributed by atoms with Crippen LogP contribution in [-0.4, -0.2) is 16.0 Å². The van der Waals surface area contributed by atoms with Gasteiger partial charge in [0.1, 0.15) is 0 Å². The SMILES string of the molecule is C[C@H]1CC[C@@](C)(C(=O)NCc2noc(C3CC3)n2)C1(C)C. The second-order valence-corrected chi connectivity index (χ2v) is 7.50. The fraction of sp³-hybridized carbons (Fsp3) is 0.812. The van der Waals surface area contributed by atoms with E-state index in [1.54, 1.807) is 0 Å². The smallest absolute Gasteiger partial charge is 0.229 e. The van der Waals surface area contributed by atoms with E-state index in [0.29, 0.717) is 24.2 Å². The van der Waals surface area contributed by atoms with E-state index >= 15 is 0 Å². The van der Waals surface area contributed by atoms with E-state index in [9.17, 15) is 4.79 Å². The van der Waals surface area contributed by atoms with Crippen LogP contribution in [0, 0.1) is 16.7 Å². The molecule has 1 aromatic rings. The number of hydrogen-bond donors (Lipinski definition) is 1. The molecular formula is C16H25N3O2. The number of amides is 1. The molecule has 0 saturated heterocycles. The Hall–Kier alpha value is -1.39. The van der Waals surface area contributed by atoms with Crippen LogP contribution in [0.2, 0.25) is 0 Å². The van der Waals surface area contributed by atoms with Gasteiger partial charge >= 0.3 is 0 Å². The van der Waals surface area contributed by atoms with Crippen molar-refractivity contribution in [3.8, 4) is 0 Å². The molecule has 2 atom stereocenters. The van der Waals surface area contributed by atoms with Gasteiger partial charge in [-0.15, -0.1) is 0 Å². The number of carbonyl (C=O) groups is 1. The van der Waals surface area contributed by atoms with Gasteiger partial charge in [0, 0.05) is 5.92 Å². The summed E-state index contributed by atoms with van der Waals surface area (Å²) in [5.41, 5.74) is -0.316. The van der Waals surface area contributed by atoms with Gasteiger partial charge < -0.3 is 9.84 Å². The van der Waals surface area contributed by atoms with Crippen LogP contribution in [0.4, 0.5) is 0 Å². The quantitative estimate of drug-likeness (QED) is 0.926. The summed E-state index contributed by atoms with van der Waals surface area (Å²) in [6.45, 7) is 9.07. The van der Waals surface area contributed by atoms with Crippen molar-refractivity contribution in [3.05, 3.63) is 11.7 Å². The van der Waals surface area contributed by atoms with Gasteiger partial charge in [0.2, 0.25) is 11.8 Å². The van der Waals surface area contributed by atoms with Gasteiger partial charge in [-0.3, -0.25) is 4.79 Å². The number of nitrogens with zero attached hydrogens (tertiary/aromatic N) is 2. The molecule has 5 nitrogen and oxygen atoms in total. The first kappa shape index (κ1) is 14.5. The topological polar surface area (TPSA) is 68.0 Å². The summed E-state index contributed by atoms with van der Waals surface area (Å²) in [7, 11) is 0. The molecule has 0 radical (unpaired) electrons. The van der Waals surface area contributed by atoms with Gasteiger partial charge in [0.15, 0.2) is 5.82 Å². The highest BCUT2D eigenvalue weighted by Gasteiger charge is 2.54. The van der Waals surface area contributed by atoms with Crippen molar-refractivity contribution in [1.82, 2.24) is 15.5 Å². The first-order valence-electron chi connectivity index (χ1n) is 7.95. The summed E-state index contributed by atoms with van der Waals surface area (Å²) >= 11 is 0. The zero-order chi connectivity index (χ0) is 15.3. The van der Waals surface area contributed by atoms with Gasteiger partial charge in [0.25, 0.3) is 0 Å². The van der Waals surface area contributed by atoms with Crippen LogP contribution in [-0.2, 0) is 11.3 Å². The molecule has 2 aliphatic rings. The maximum atomic E-state index is 12.7. The molecule has 1 amide bonds. The molecule has 21 heavy (non-hydrogen) atoms. The van der Waals surface area contributed by atoms with Crippen LogP contribution in [0.15, 0.2) is 4.52 Å². The molecule has 2 fully saturated rings. The Morgan fingerprint density at radius 3 is 2.62 bits per heavy atom. The lowest BCUT2D eigenvalue weighted by Gasteiger charge is -2.39. The first-order valence-corrected chi connectivity index (χ1v) is 7.95. The Labute approximate surface area is 125 Å². The summed E-state index contributed by atoms with van der Waals surface area (Å²) in [6.07, 6.45) is 4.31. The second kappa shape index (κ2) is 4.82. The van der Waals surface area contributed by atoms with Gasteiger partial charge in [-0.05, 0) is 37.0 Å². The van der Waals surface area contributed by atoms with Gasteiger partial charge in [-0.2, -0.15) is 4.98 Å². The minimum Gasteiger partial charge on any atom is -0.348 e. The molecule has 3 rings (SSSR count). The lowest BCUT2D eigenvalue weighted by Crippen LogP contribution is -2.46. The predicted molar refractivity (Wildman–Crippen MR) is 78.4 cm³/mol. The lowest BCUT2D eigenvalue weighted by molar-refractivity contribution is -0.136. The molecule has 1 aromatic heterocycles. The van der Waals surface area contributed by atoms with E-state index in [0.717, 1.165) is 31.6 Å². The zero-order valence-corrected chi connectivity index (χ0v) is 13.4. The number of aromatic nitrogens is 2. The van der Waals surface area contributed by atoms with Crippen molar-refractivity contribution >= 4 is 5.91 Å². The van der Waals surface area contributed by atoms with Crippen LogP contribution < -0.4 is 5.32 Å². The molecule has 0 aromatic carbocycles. The van der Waals surface area contributed by atoms with E-state index in [1.807, 2.05) is 0 Å². The largest absolute Gasteiger partial charge is 0.348 e. The molecule has 2 saturated carbocycles. The minimum atomic E-state index is -0.324. The fourth-order valence-electron chi connectivity index (χ4n) is 3.33. The van der Waals surface area contributed by atoms with Crippen LogP contribution in [0.5, 0.6) is 0 Å². The highest BCUT2D eigenvalue weighted by Crippen LogP contribution is 2.55. The van der Waals surface area contributed by atoms with E-state index in [1.165, 1.54) is 0 Å². The standard InChI is InChI=1S/C16H25N3O2/c1-10-7-8-16(4,15(10,2)3)14(20)17-9-12-18-13(21-19-12)11-5-6-11/h10-11H,5-9H2,1-4H3,(H,17,20)/t10-,16-/m0/s1. The monoisotopic (exact) mass is 291 g/mol. The predicted octanol–water partition coefficient (Wildman–Crippen LogP) is 3.03. The van der Waals surface area contributed by atoms with E-state index in [4.69, 9.17) is 4.52 Å². The molecule has 0 unspecified atom stereocenters. The van der Waals surface area contributed by atoms with E-state index in [-0.39, 0.29) is 16.7 Å². The van der Waals surface area contributed by atoms with Crippen molar-refractivity contribution in [1.29, 1.82) is 0 Å². The summed E-state index contributed by atoms with van der Waals surface area (Å²) in [5.74, 6) is 2.42. The molecule has 0 aliphatic heterocycles. The Balaban J connectivity index is 1.63. The van der Waals surface area contributed by atoms with Crippen molar-refractivity contribution in [2.75, 3.05) is 0 Å². The van der Waals surface area contributed by atoms with Crippen LogP contribution >= 0.6 is 0 Å². The van der Waals surface area contributed by atoms with E-state index in [2.05, 4.69) is 43.2 Å². The Morgan fingerprint density at radius 1 is 1.33 bits per heavy atom. The second-order valence-electron chi connectivity index (χ2n) is 7.50. The molecular weight excluding hydrogens is 266 g/mol. The molecule has 0 bridgehead atoms. The van der Waals surface area contributed by atoms with Crippen molar-refractivity contribution in [3.63, 3.8) is 0 Å². The molecule has 116 valence electrons. The summed E-state index contributed by atoms with van der Waals surface area (Å²) in [5, 5.41) is 6.96. The summed E-state index contributed by atoms with van der Waals surface area (Å²) < 4.78 is 5.22. The average Bonchev–Trinajstić information content (AvgIpc) is 3.15. The number of carbonyl (C=O) groups excluding carboxylic acids is 1. The lowest BCUT2D eigenvalue weighted by atomic mass is 9.65. The van der Waals surface area contributed by atoms with Crippen molar-refractivity contribution in [2.24, 2.45) is 16.7 Å².